The lowest BCUT2D eigenvalue weighted by atomic mass is 9.80. The first-order valence-electron chi connectivity index (χ1n) is 10.3. The van der Waals surface area contributed by atoms with Gasteiger partial charge < -0.3 is 10.2 Å². The molecular formula is C23H30N4O. The van der Waals surface area contributed by atoms with Crippen molar-refractivity contribution in [2.45, 2.75) is 65.0 Å². The highest BCUT2D eigenvalue weighted by molar-refractivity contribution is 5.92. The fraction of sp³-hybridized carbons (Fsp3) is 0.522. The molecule has 1 aromatic carbocycles. The quantitative estimate of drug-likeness (QED) is 0.866. The highest BCUT2D eigenvalue weighted by atomic mass is 16.2. The van der Waals surface area contributed by atoms with Gasteiger partial charge >= 0.3 is 0 Å². The molecule has 1 N–H and O–H groups in total. The molecule has 2 aliphatic rings. The average Bonchev–Trinajstić information content (AvgIpc) is 3.20. The summed E-state index contributed by atoms with van der Waals surface area (Å²) in [7, 11) is 0. The number of hydrogen-bond acceptors (Lipinski definition) is 4. The largest absolute Gasteiger partial charge is 0.333 e. The van der Waals surface area contributed by atoms with Crippen LogP contribution in [-0.2, 0) is 18.4 Å². The zero-order valence-electron chi connectivity index (χ0n) is 17.4. The Morgan fingerprint density at radius 1 is 1.21 bits per heavy atom. The van der Waals surface area contributed by atoms with E-state index in [9.17, 15) is 4.79 Å². The smallest absolute Gasteiger partial charge is 0.272 e. The fourth-order valence-electron chi connectivity index (χ4n) is 4.30. The molecule has 28 heavy (non-hydrogen) atoms. The van der Waals surface area contributed by atoms with Gasteiger partial charge in [0.15, 0.2) is 0 Å². The van der Waals surface area contributed by atoms with Gasteiger partial charge in [-0.05, 0) is 66.5 Å². The Kier molecular flexibility index (Phi) is 4.96. The molecule has 0 spiro atoms. The standard InChI is InChI=1S/C23H30N4O/c1-15-10-21(26-14-25-15)22(28)27-9-7-16-11-17(23(2,3)4)12-18(19(16)13-27)20-6-5-8-24-20/h10-12,14,20,24H,5-9,13H2,1-4H3/t20-/m0/s1. The summed E-state index contributed by atoms with van der Waals surface area (Å²) in [5, 5.41) is 3.66. The minimum atomic E-state index is 0.00128. The van der Waals surface area contributed by atoms with Crippen LogP contribution in [0.25, 0.3) is 0 Å². The Labute approximate surface area is 167 Å². The van der Waals surface area contributed by atoms with E-state index in [1.165, 1.54) is 41.4 Å². The molecule has 1 aromatic heterocycles. The number of aromatic nitrogens is 2. The molecule has 3 heterocycles. The van der Waals surface area contributed by atoms with Gasteiger partial charge in [0.05, 0.1) is 0 Å². The number of benzene rings is 1. The second-order valence-electron chi connectivity index (χ2n) is 9.12. The molecule has 0 bridgehead atoms. The Balaban J connectivity index is 1.69. The summed E-state index contributed by atoms with van der Waals surface area (Å²) in [5.41, 5.74) is 6.94. The van der Waals surface area contributed by atoms with E-state index < -0.39 is 0 Å². The Morgan fingerprint density at radius 3 is 2.71 bits per heavy atom. The van der Waals surface area contributed by atoms with Crippen molar-refractivity contribution < 1.29 is 4.79 Å². The lowest BCUT2D eigenvalue weighted by Gasteiger charge is -2.33. The monoisotopic (exact) mass is 378 g/mol. The summed E-state index contributed by atoms with van der Waals surface area (Å²) in [6, 6.07) is 6.92. The van der Waals surface area contributed by atoms with Crippen LogP contribution in [0.1, 0.15) is 78.1 Å². The Bertz CT molecular complexity index is 894. The molecule has 5 heteroatoms. The first kappa shape index (κ1) is 19.1. The van der Waals surface area contributed by atoms with Crippen LogP contribution in [0.3, 0.4) is 0 Å². The average molecular weight is 379 g/mol. The van der Waals surface area contributed by atoms with Crippen molar-refractivity contribution in [1.82, 2.24) is 20.2 Å². The van der Waals surface area contributed by atoms with Crippen molar-refractivity contribution in [2.75, 3.05) is 13.1 Å². The van der Waals surface area contributed by atoms with Crippen LogP contribution in [0.4, 0.5) is 0 Å². The normalized spacial score (nSPS) is 19.6. The molecule has 5 nitrogen and oxygen atoms in total. The van der Waals surface area contributed by atoms with E-state index in [1.807, 2.05) is 11.8 Å². The van der Waals surface area contributed by atoms with Gasteiger partial charge in [0.1, 0.15) is 12.0 Å². The third-order valence-electron chi connectivity index (χ3n) is 5.99. The van der Waals surface area contributed by atoms with Gasteiger partial charge in [0, 0.05) is 24.8 Å². The summed E-state index contributed by atoms with van der Waals surface area (Å²) in [5.74, 6) is 0.00128. The van der Waals surface area contributed by atoms with Crippen LogP contribution in [0.5, 0.6) is 0 Å². The molecule has 0 radical (unpaired) electrons. The number of rotatable bonds is 2. The first-order chi connectivity index (χ1) is 13.3. The Morgan fingerprint density at radius 2 is 2.04 bits per heavy atom. The summed E-state index contributed by atoms with van der Waals surface area (Å²) in [4.78, 5) is 23.3. The van der Waals surface area contributed by atoms with Gasteiger partial charge in [-0.25, -0.2) is 9.97 Å². The number of fused-ring (bicyclic) bond motifs is 1. The van der Waals surface area contributed by atoms with Crippen molar-refractivity contribution in [3.05, 3.63) is 58.2 Å². The van der Waals surface area contributed by atoms with Crippen LogP contribution in [0, 0.1) is 6.92 Å². The zero-order valence-corrected chi connectivity index (χ0v) is 17.4. The molecule has 2 aliphatic heterocycles. The second-order valence-corrected chi connectivity index (χ2v) is 9.12. The lowest BCUT2D eigenvalue weighted by Crippen LogP contribution is -2.37. The third kappa shape index (κ3) is 3.68. The maximum atomic E-state index is 13.0. The van der Waals surface area contributed by atoms with Crippen LogP contribution in [0.2, 0.25) is 0 Å². The van der Waals surface area contributed by atoms with Crippen molar-refractivity contribution in [1.29, 1.82) is 0 Å². The maximum absolute atomic E-state index is 13.0. The molecule has 0 saturated carbocycles. The molecule has 1 fully saturated rings. The number of hydrogen-bond donors (Lipinski definition) is 1. The van der Waals surface area contributed by atoms with E-state index in [2.05, 4.69) is 48.2 Å². The molecule has 1 atom stereocenters. The maximum Gasteiger partial charge on any atom is 0.272 e. The third-order valence-corrected chi connectivity index (χ3v) is 5.99. The molecule has 2 aromatic rings. The number of amides is 1. The lowest BCUT2D eigenvalue weighted by molar-refractivity contribution is 0.0727. The topological polar surface area (TPSA) is 58.1 Å². The van der Waals surface area contributed by atoms with E-state index >= 15 is 0 Å². The molecule has 148 valence electrons. The first-order valence-corrected chi connectivity index (χ1v) is 10.3. The Hall–Kier alpha value is -2.27. The molecule has 0 unspecified atom stereocenters. The molecular weight excluding hydrogens is 348 g/mol. The van der Waals surface area contributed by atoms with Gasteiger partial charge in [-0.15, -0.1) is 0 Å². The minimum absolute atomic E-state index is 0.00128. The van der Waals surface area contributed by atoms with Gasteiger partial charge in [0.2, 0.25) is 0 Å². The minimum Gasteiger partial charge on any atom is -0.333 e. The van der Waals surface area contributed by atoms with E-state index in [1.54, 1.807) is 6.07 Å². The highest BCUT2D eigenvalue weighted by Crippen LogP contribution is 2.36. The summed E-state index contributed by atoms with van der Waals surface area (Å²) < 4.78 is 0. The molecule has 1 amide bonds. The number of carbonyl (C=O) groups excluding carboxylic acids is 1. The van der Waals surface area contributed by atoms with Crippen LogP contribution in [0.15, 0.2) is 24.5 Å². The predicted octanol–water partition coefficient (Wildman–Crippen LogP) is 3.71. The predicted molar refractivity (Wildman–Crippen MR) is 110 cm³/mol. The summed E-state index contributed by atoms with van der Waals surface area (Å²) >= 11 is 0. The van der Waals surface area contributed by atoms with Crippen molar-refractivity contribution >= 4 is 5.91 Å². The van der Waals surface area contributed by atoms with E-state index in [0.29, 0.717) is 18.3 Å². The van der Waals surface area contributed by atoms with E-state index in [0.717, 1.165) is 25.2 Å². The van der Waals surface area contributed by atoms with E-state index in [4.69, 9.17) is 0 Å². The van der Waals surface area contributed by atoms with Gasteiger partial charge in [-0.1, -0.05) is 32.9 Å². The number of nitrogens with zero attached hydrogens (tertiary/aromatic N) is 3. The highest BCUT2D eigenvalue weighted by Gasteiger charge is 2.30. The fourth-order valence-corrected chi connectivity index (χ4v) is 4.30. The van der Waals surface area contributed by atoms with Crippen LogP contribution < -0.4 is 5.32 Å². The molecule has 0 aliphatic carbocycles. The second kappa shape index (κ2) is 7.28. The number of aryl methyl sites for hydroxylation is 1. The van der Waals surface area contributed by atoms with Crippen molar-refractivity contribution in [3.63, 3.8) is 0 Å². The van der Waals surface area contributed by atoms with Crippen molar-refractivity contribution in [2.24, 2.45) is 0 Å². The number of nitrogens with one attached hydrogen (secondary N) is 1. The van der Waals surface area contributed by atoms with Crippen LogP contribution in [-0.4, -0.2) is 33.9 Å². The van der Waals surface area contributed by atoms with Gasteiger partial charge in [0.25, 0.3) is 5.91 Å². The van der Waals surface area contributed by atoms with Gasteiger partial charge in [-0.2, -0.15) is 0 Å². The zero-order chi connectivity index (χ0) is 19.9. The molecule has 1 saturated heterocycles. The SMILES string of the molecule is Cc1cc(C(=O)N2CCc3cc(C(C)(C)C)cc([C@@H]4CCCN4)c3C2)ncn1. The van der Waals surface area contributed by atoms with Crippen LogP contribution >= 0.6 is 0 Å². The van der Waals surface area contributed by atoms with Gasteiger partial charge in [-0.3, -0.25) is 4.79 Å². The molecule has 4 rings (SSSR count). The number of carbonyl (C=O) groups is 1. The summed E-state index contributed by atoms with van der Waals surface area (Å²) in [6.45, 7) is 11.2. The summed E-state index contributed by atoms with van der Waals surface area (Å²) in [6.07, 6.45) is 4.75. The van der Waals surface area contributed by atoms with Crippen molar-refractivity contribution in [3.8, 4) is 0 Å². The van der Waals surface area contributed by atoms with E-state index in [-0.39, 0.29) is 11.3 Å².